The van der Waals surface area contributed by atoms with Crippen LogP contribution in [0.2, 0.25) is 0 Å². The second-order valence-electron chi connectivity index (χ2n) is 10.1. The van der Waals surface area contributed by atoms with Gasteiger partial charge in [-0.25, -0.2) is 4.79 Å². The van der Waals surface area contributed by atoms with E-state index in [1.165, 1.54) is 0 Å². The Kier molecular flexibility index (Phi) is 3.91. The molecule has 2 aliphatic rings. The largest absolute Gasteiger partial charge is 0.486 e. The number of aryl methyl sites for hydroxylation is 1. The summed E-state index contributed by atoms with van der Waals surface area (Å²) in [5.41, 5.74) is 9.72. The maximum absolute atomic E-state index is 12.6. The summed E-state index contributed by atoms with van der Waals surface area (Å²) in [6.45, 7) is 18.1. The third kappa shape index (κ3) is 2.46. The van der Waals surface area contributed by atoms with Crippen LogP contribution in [0.5, 0.6) is 11.5 Å². The predicted octanol–water partition coefficient (Wildman–Crippen LogP) is 5.18. The number of nitrogens with two attached hydrogens (primary N) is 1. The molecule has 2 aliphatic heterocycles. The van der Waals surface area contributed by atoms with E-state index in [0.29, 0.717) is 22.6 Å². The first-order valence-corrected chi connectivity index (χ1v) is 10.2. The Hall–Kier alpha value is -2.27. The van der Waals surface area contributed by atoms with Crippen LogP contribution in [0.1, 0.15) is 76.8 Å². The number of hydrogen-bond acceptors (Lipinski definition) is 5. The molecule has 5 nitrogen and oxygen atoms in total. The first kappa shape index (κ1) is 20.0. The lowest BCUT2D eigenvalue weighted by Crippen LogP contribution is -2.53. The van der Waals surface area contributed by atoms with Gasteiger partial charge >= 0.3 is 5.63 Å². The van der Waals surface area contributed by atoms with E-state index < -0.39 is 11.2 Å². The third-order valence-electron chi connectivity index (χ3n) is 7.54. The van der Waals surface area contributed by atoms with Crippen LogP contribution in [0.3, 0.4) is 0 Å². The van der Waals surface area contributed by atoms with Crippen molar-refractivity contribution in [1.29, 1.82) is 0 Å². The van der Waals surface area contributed by atoms with E-state index in [1.54, 1.807) is 6.92 Å². The number of ether oxygens (including phenoxy) is 2. The lowest BCUT2D eigenvalue weighted by atomic mass is 9.67. The lowest BCUT2D eigenvalue weighted by molar-refractivity contribution is -0.0460. The Labute approximate surface area is 171 Å². The van der Waals surface area contributed by atoms with E-state index in [-0.39, 0.29) is 17.1 Å². The molecule has 0 saturated heterocycles. The minimum Gasteiger partial charge on any atom is -0.486 e. The van der Waals surface area contributed by atoms with Gasteiger partial charge in [0, 0.05) is 17.0 Å². The summed E-state index contributed by atoms with van der Waals surface area (Å²) in [7, 11) is 0. The van der Waals surface area contributed by atoms with Gasteiger partial charge in [0.15, 0.2) is 5.58 Å². The van der Waals surface area contributed by atoms with E-state index in [1.807, 2.05) is 34.6 Å². The summed E-state index contributed by atoms with van der Waals surface area (Å²) in [5, 5.41) is 0.808. The molecule has 2 aromatic rings. The van der Waals surface area contributed by atoms with Gasteiger partial charge in [0.25, 0.3) is 0 Å². The van der Waals surface area contributed by atoms with Crippen molar-refractivity contribution in [2.45, 2.75) is 79.6 Å². The molecule has 0 saturated carbocycles. The van der Waals surface area contributed by atoms with Crippen molar-refractivity contribution in [2.75, 3.05) is 0 Å². The van der Waals surface area contributed by atoms with E-state index in [2.05, 4.69) is 26.8 Å². The molecule has 1 atom stereocenters. The quantitative estimate of drug-likeness (QED) is 0.620. The standard InChI is InChI=1S/C24H31NO4/c1-11-10-14-17(28-23(11,6)7)15-12(2)13(3)21(26)27-19(15)16-18(14)29-24(8,9)22(4,5)20(16)25/h10,20H,25H2,1-9H3. The van der Waals surface area contributed by atoms with Crippen molar-refractivity contribution >= 4 is 17.0 Å². The van der Waals surface area contributed by atoms with Crippen LogP contribution in [0.25, 0.3) is 17.0 Å². The normalized spacial score (nSPS) is 23.5. The summed E-state index contributed by atoms with van der Waals surface area (Å²) in [4.78, 5) is 12.6. The van der Waals surface area contributed by atoms with E-state index >= 15 is 0 Å². The molecule has 0 radical (unpaired) electrons. The van der Waals surface area contributed by atoms with Crippen molar-refractivity contribution in [3.63, 3.8) is 0 Å². The second-order valence-corrected chi connectivity index (χ2v) is 10.1. The molecule has 3 heterocycles. The fraction of sp³-hybridized carbons (Fsp3) is 0.542. The van der Waals surface area contributed by atoms with Gasteiger partial charge in [-0.05, 0) is 65.7 Å². The van der Waals surface area contributed by atoms with Gasteiger partial charge in [0.1, 0.15) is 22.7 Å². The number of fused-ring (bicyclic) bond motifs is 6. The van der Waals surface area contributed by atoms with Crippen molar-refractivity contribution in [3.8, 4) is 11.5 Å². The van der Waals surface area contributed by atoms with Gasteiger partial charge in [0.2, 0.25) is 0 Å². The highest BCUT2D eigenvalue weighted by Crippen LogP contribution is 2.57. The molecule has 0 bridgehead atoms. The summed E-state index contributed by atoms with van der Waals surface area (Å²) >= 11 is 0. The van der Waals surface area contributed by atoms with Crippen molar-refractivity contribution < 1.29 is 13.9 Å². The van der Waals surface area contributed by atoms with Crippen LogP contribution in [0.4, 0.5) is 0 Å². The molecule has 2 N–H and O–H groups in total. The summed E-state index contributed by atoms with van der Waals surface area (Å²) in [5.74, 6) is 1.35. The number of hydrogen-bond donors (Lipinski definition) is 1. The Bertz CT molecular complexity index is 1150. The molecule has 0 amide bonds. The van der Waals surface area contributed by atoms with Gasteiger partial charge in [-0.1, -0.05) is 13.8 Å². The molecule has 1 aromatic carbocycles. The van der Waals surface area contributed by atoms with Crippen molar-refractivity contribution in [2.24, 2.45) is 11.1 Å². The molecule has 1 unspecified atom stereocenters. The highest BCUT2D eigenvalue weighted by atomic mass is 16.5. The van der Waals surface area contributed by atoms with Crippen molar-refractivity contribution in [1.82, 2.24) is 0 Å². The van der Waals surface area contributed by atoms with Crippen LogP contribution in [0, 0.1) is 19.3 Å². The molecule has 156 valence electrons. The van der Waals surface area contributed by atoms with Crippen LogP contribution in [-0.2, 0) is 0 Å². The number of rotatable bonds is 0. The van der Waals surface area contributed by atoms with Crippen molar-refractivity contribution in [3.05, 3.63) is 38.2 Å². The average molecular weight is 398 g/mol. The third-order valence-corrected chi connectivity index (χ3v) is 7.54. The van der Waals surface area contributed by atoms with Gasteiger partial charge in [-0.3, -0.25) is 0 Å². The zero-order valence-electron chi connectivity index (χ0n) is 18.9. The highest BCUT2D eigenvalue weighted by Gasteiger charge is 2.51. The Balaban J connectivity index is 2.25. The maximum Gasteiger partial charge on any atom is 0.339 e. The van der Waals surface area contributed by atoms with Crippen LogP contribution in [0.15, 0.2) is 14.8 Å². The fourth-order valence-corrected chi connectivity index (χ4v) is 4.16. The Morgan fingerprint density at radius 2 is 1.55 bits per heavy atom. The summed E-state index contributed by atoms with van der Waals surface area (Å²) in [6, 6.07) is -0.372. The fourth-order valence-electron chi connectivity index (χ4n) is 4.16. The summed E-state index contributed by atoms with van der Waals surface area (Å²) in [6.07, 6.45) is 2.12. The minimum absolute atomic E-state index is 0.353. The van der Waals surface area contributed by atoms with E-state index in [0.717, 1.165) is 27.6 Å². The highest BCUT2D eigenvalue weighted by molar-refractivity contribution is 5.98. The zero-order chi connectivity index (χ0) is 21.7. The Morgan fingerprint density at radius 1 is 0.931 bits per heavy atom. The van der Waals surface area contributed by atoms with Gasteiger partial charge in [0.05, 0.1) is 16.5 Å². The van der Waals surface area contributed by atoms with E-state index in [9.17, 15) is 4.79 Å². The molecule has 4 rings (SSSR count). The number of benzene rings is 1. The van der Waals surface area contributed by atoms with Crippen LogP contribution in [-0.4, -0.2) is 11.2 Å². The molecular weight excluding hydrogens is 366 g/mol. The zero-order valence-corrected chi connectivity index (χ0v) is 18.9. The topological polar surface area (TPSA) is 74.7 Å². The van der Waals surface area contributed by atoms with Crippen LogP contribution < -0.4 is 20.8 Å². The SMILES string of the molecule is CC1=Cc2c3c(c4oc(=O)c(C)c(C)c4c2OC1(C)C)C(N)C(C)(C)C(C)(C)O3. The molecular formula is C24H31NO4. The van der Waals surface area contributed by atoms with Gasteiger partial charge in [-0.2, -0.15) is 0 Å². The molecule has 1 aromatic heterocycles. The van der Waals surface area contributed by atoms with E-state index in [4.69, 9.17) is 19.6 Å². The average Bonchev–Trinajstić information content (AvgIpc) is 2.59. The second kappa shape index (κ2) is 5.66. The lowest BCUT2D eigenvalue weighted by Gasteiger charge is -2.50. The smallest absolute Gasteiger partial charge is 0.339 e. The predicted molar refractivity (Wildman–Crippen MR) is 116 cm³/mol. The molecule has 5 heteroatoms. The molecule has 0 aliphatic carbocycles. The monoisotopic (exact) mass is 397 g/mol. The molecule has 0 fully saturated rings. The summed E-state index contributed by atoms with van der Waals surface area (Å²) < 4.78 is 18.9. The first-order chi connectivity index (χ1) is 13.2. The Morgan fingerprint density at radius 3 is 2.17 bits per heavy atom. The maximum atomic E-state index is 12.6. The van der Waals surface area contributed by atoms with Crippen LogP contribution >= 0.6 is 0 Å². The van der Waals surface area contributed by atoms with Gasteiger partial charge < -0.3 is 19.6 Å². The molecule has 0 spiro atoms. The molecule has 29 heavy (non-hydrogen) atoms. The minimum atomic E-state index is -0.518. The van der Waals surface area contributed by atoms with Gasteiger partial charge in [-0.15, -0.1) is 0 Å². The first-order valence-electron chi connectivity index (χ1n) is 10.2.